The van der Waals surface area contributed by atoms with Crippen molar-refractivity contribution in [1.29, 1.82) is 0 Å². The fourth-order valence-corrected chi connectivity index (χ4v) is 4.31. The number of aromatic nitrogens is 1. The van der Waals surface area contributed by atoms with Crippen LogP contribution in [0, 0.1) is 0 Å². The molecule has 126 valence electrons. The predicted octanol–water partition coefficient (Wildman–Crippen LogP) is 2.07. The minimum Gasteiger partial charge on any atom is -0.398 e. The Balaban J connectivity index is 1.84. The van der Waals surface area contributed by atoms with Crippen molar-refractivity contribution in [3.8, 4) is 0 Å². The fraction of sp³-hybridized carbons (Fsp3) is 0.267. The Kier molecular flexibility index (Phi) is 4.63. The number of thiazole rings is 1. The molecule has 1 saturated carbocycles. The number of amides is 1. The lowest BCUT2D eigenvalue weighted by Crippen LogP contribution is -2.24. The van der Waals surface area contributed by atoms with Crippen LogP contribution in [0.1, 0.15) is 18.4 Å². The molecule has 1 aromatic carbocycles. The van der Waals surface area contributed by atoms with Crippen LogP contribution in [-0.2, 0) is 19.5 Å². The molecule has 0 aliphatic heterocycles. The van der Waals surface area contributed by atoms with E-state index in [1.165, 1.54) is 30.6 Å². The highest BCUT2D eigenvalue weighted by Gasteiger charge is 2.36. The van der Waals surface area contributed by atoms with E-state index in [1.807, 2.05) is 0 Å². The lowest BCUT2D eigenvalue weighted by atomic mass is 10.1. The van der Waals surface area contributed by atoms with Crippen LogP contribution in [0.3, 0.4) is 0 Å². The molecule has 9 heteroatoms. The lowest BCUT2D eigenvalue weighted by molar-refractivity contribution is -0.110. The third kappa shape index (κ3) is 3.46. The van der Waals surface area contributed by atoms with Crippen LogP contribution in [0.5, 0.6) is 0 Å². The van der Waals surface area contributed by atoms with Crippen molar-refractivity contribution >= 4 is 37.9 Å². The van der Waals surface area contributed by atoms with Crippen molar-refractivity contribution in [2.75, 3.05) is 12.4 Å². The number of hydrogen-bond acceptors (Lipinski definition) is 7. The van der Waals surface area contributed by atoms with E-state index in [0.29, 0.717) is 23.5 Å². The highest BCUT2D eigenvalue weighted by molar-refractivity contribution is 7.92. The second kappa shape index (κ2) is 6.70. The van der Waals surface area contributed by atoms with Crippen LogP contribution in [0.15, 0.2) is 45.9 Å². The second-order valence-corrected chi connectivity index (χ2v) is 8.31. The van der Waals surface area contributed by atoms with Crippen LogP contribution in [0.4, 0.5) is 5.13 Å². The number of carbonyl (C=O) groups is 1. The van der Waals surface area contributed by atoms with Gasteiger partial charge in [0.2, 0.25) is 0 Å². The van der Waals surface area contributed by atoms with Gasteiger partial charge in [-0.3, -0.25) is 10.1 Å². The van der Waals surface area contributed by atoms with Crippen molar-refractivity contribution in [2.24, 2.45) is 5.16 Å². The van der Waals surface area contributed by atoms with Gasteiger partial charge in [0.25, 0.3) is 5.91 Å². The van der Waals surface area contributed by atoms with E-state index in [-0.39, 0.29) is 15.9 Å². The van der Waals surface area contributed by atoms with Crippen LogP contribution in [-0.4, -0.2) is 37.4 Å². The first kappa shape index (κ1) is 16.6. The van der Waals surface area contributed by atoms with Crippen molar-refractivity contribution < 1.29 is 18.0 Å². The summed E-state index contributed by atoms with van der Waals surface area (Å²) in [5, 5.41) is 8.27. The summed E-state index contributed by atoms with van der Waals surface area (Å²) in [6.07, 6.45) is 2.98. The molecule has 1 fully saturated rings. The molecule has 24 heavy (non-hydrogen) atoms. The third-order valence-corrected chi connectivity index (χ3v) is 6.44. The molecule has 0 radical (unpaired) electrons. The topological polar surface area (TPSA) is 97.7 Å². The first-order chi connectivity index (χ1) is 11.5. The zero-order valence-corrected chi connectivity index (χ0v) is 14.4. The summed E-state index contributed by atoms with van der Waals surface area (Å²) in [7, 11) is -1.93. The Morgan fingerprint density at radius 1 is 1.33 bits per heavy atom. The number of nitrogens with one attached hydrogen (secondary N) is 1. The van der Waals surface area contributed by atoms with Gasteiger partial charge < -0.3 is 4.84 Å². The summed E-state index contributed by atoms with van der Waals surface area (Å²) in [6.45, 7) is 0. The molecule has 2 aromatic rings. The minimum absolute atomic E-state index is 0.0445. The van der Waals surface area contributed by atoms with Gasteiger partial charge in [0, 0.05) is 17.1 Å². The molecule has 1 heterocycles. The van der Waals surface area contributed by atoms with Crippen LogP contribution >= 0.6 is 11.3 Å². The average molecular weight is 365 g/mol. The van der Waals surface area contributed by atoms with Crippen molar-refractivity contribution in [3.63, 3.8) is 0 Å². The van der Waals surface area contributed by atoms with Crippen molar-refractivity contribution in [1.82, 2.24) is 4.98 Å². The first-order valence-electron chi connectivity index (χ1n) is 7.18. The molecule has 0 spiro atoms. The Morgan fingerprint density at radius 3 is 2.58 bits per heavy atom. The number of oxime groups is 1. The highest BCUT2D eigenvalue weighted by Crippen LogP contribution is 2.33. The molecular formula is C15H15N3O4S2. The lowest BCUT2D eigenvalue weighted by Gasteiger charge is -2.07. The van der Waals surface area contributed by atoms with Gasteiger partial charge in [0.1, 0.15) is 7.11 Å². The number of carbonyl (C=O) groups excluding carboxylic acids is 1. The van der Waals surface area contributed by atoms with E-state index in [9.17, 15) is 13.2 Å². The van der Waals surface area contributed by atoms with Crippen molar-refractivity contribution in [2.45, 2.75) is 23.0 Å². The number of nitrogens with zero attached hydrogens (tertiary/aromatic N) is 2. The van der Waals surface area contributed by atoms with Crippen molar-refractivity contribution in [3.05, 3.63) is 41.4 Å². The summed E-state index contributed by atoms with van der Waals surface area (Å²) in [5.41, 5.74) is 0.503. The minimum atomic E-state index is -3.26. The van der Waals surface area contributed by atoms with E-state index in [1.54, 1.807) is 23.7 Å². The van der Waals surface area contributed by atoms with E-state index < -0.39 is 15.7 Å². The van der Waals surface area contributed by atoms with Crippen LogP contribution in [0.25, 0.3) is 0 Å². The summed E-state index contributed by atoms with van der Waals surface area (Å²) in [6, 6.07) is 6.08. The van der Waals surface area contributed by atoms with Crippen LogP contribution in [0.2, 0.25) is 0 Å². The molecule has 0 unspecified atom stereocenters. The Bertz CT molecular complexity index is 855. The molecule has 1 aliphatic carbocycles. The molecule has 0 saturated heterocycles. The summed E-state index contributed by atoms with van der Waals surface area (Å²) in [5.74, 6) is -0.482. The Labute approximate surface area is 143 Å². The standard InChI is InChI=1S/C15H15N3O4S2/c1-22-18-13(14(19)17-15-16-8-9-23-15)10-2-4-11(5-3-10)24(20,21)12-6-7-12/h2-5,8-9,12H,6-7H2,1H3,(H,16,17,19)/b18-13+. The van der Waals surface area contributed by atoms with Gasteiger partial charge >= 0.3 is 0 Å². The van der Waals surface area contributed by atoms with Crippen LogP contribution < -0.4 is 5.32 Å². The van der Waals surface area contributed by atoms with Gasteiger partial charge in [-0.05, 0) is 25.0 Å². The highest BCUT2D eigenvalue weighted by atomic mass is 32.2. The maximum Gasteiger partial charge on any atom is 0.280 e. The third-order valence-electron chi connectivity index (χ3n) is 3.47. The molecular weight excluding hydrogens is 350 g/mol. The average Bonchev–Trinajstić information content (AvgIpc) is 3.32. The molecule has 1 aliphatic rings. The van der Waals surface area contributed by atoms with Gasteiger partial charge in [0.15, 0.2) is 20.7 Å². The first-order valence-corrected chi connectivity index (χ1v) is 9.61. The van der Waals surface area contributed by atoms with E-state index in [2.05, 4.69) is 15.5 Å². The van der Waals surface area contributed by atoms with Gasteiger partial charge in [-0.25, -0.2) is 13.4 Å². The zero-order valence-electron chi connectivity index (χ0n) is 12.8. The monoisotopic (exact) mass is 365 g/mol. The van der Waals surface area contributed by atoms with Gasteiger partial charge in [-0.2, -0.15) is 0 Å². The summed E-state index contributed by atoms with van der Waals surface area (Å²) >= 11 is 1.28. The number of rotatable bonds is 6. The van der Waals surface area contributed by atoms with E-state index >= 15 is 0 Å². The maximum absolute atomic E-state index is 12.3. The normalized spacial score (nSPS) is 15.1. The Morgan fingerprint density at radius 2 is 2.04 bits per heavy atom. The van der Waals surface area contributed by atoms with Gasteiger partial charge in [0.05, 0.1) is 10.1 Å². The second-order valence-electron chi connectivity index (χ2n) is 5.18. The predicted molar refractivity (Wildman–Crippen MR) is 90.9 cm³/mol. The smallest absolute Gasteiger partial charge is 0.280 e. The molecule has 3 rings (SSSR count). The summed E-state index contributed by atoms with van der Waals surface area (Å²) < 4.78 is 24.4. The van der Waals surface area contributed by atoms with E-state index in [0.717, 1.165) is 0 Å². The zero-order chi connectivity index (χ0) is 17.2. The molecule has 1 aromatic heterocycles. The largest absolute Gasteiger partial charge is 0.398 e. The summed E-state index contributed by atoms with van der Waals surface area (Å²) in [4.78, 5) is 21.3. The molecule has 1 amide bonds. The SMILES string of the molecule is CO/N=C(/C(=O)Nc1nccs1)c1ccc(S(=O)(=O)C2CC2)cc1. The number of sulfone groups is 1. The number of benzene rings is 1. The quantitative estimate of drug-likeness (QED) is 0.624. The van der Waals surface area contributed by atoms with E-state index in [4.69, 9.17) is 4.84 Å². The number of anilines is 1. The Hall–Kier alpha value is -2.26. The maximum atomic E-state index is 12.3. The molecule has 0 bridgehead atoms. The van der Waals surface area contributed by atoms with Gasteiger partial charge in [-0.15, -0.1) is 11.3 Å². The fourth-order valence-electron chi connectivity index (χ4n) is 2.13. The molecule has 7 nitrogen and oxygen atoms in total. The number of hydrogen-bond donors (Lipinski definition) is 1. The molecule has 1 N–H and O–H groups in total. The van der Waals surface area contributed by atoms with Gasteiger partial charge in [-0.1, -0.05) is 17.3 Å². The molecule has 0 atom stereocenters.